The first-order chi connectivity index (χ1) is 6.29. The maximum Gasteiger partial charge on any atom is 0.304 e. The number of carboxylic acid groups (broad SMARTS) is 1. The number of carboxylic acids is 1. The zero-order valence-corrected chi connectivity index (χ0v) is 7.79. The summed E-state index contributed by atoms with van der Waals surface area (Å²) in [5.74, 6) is -0.753. The molecule has 76 valence electrons. The monoisotopic (exact) mass is 187 g/mol. The highest BCUT2D eigenvalue weighted by Gasteiger charge is 2.12. The fourth-order valence-corrected chi connectivity index (χ4v) is 1.43. The summed E-state index contributed by atoms with van der Waals surface area (Å²) in [7, 11) is 0. The van der Waals surface area contributed by atoms with E-state index in [2.05, 4.69) is 5.32 Å². The van der Waals surface area contributed by atoms with Crippen LogP contribution in [-0.2, 0) is 9.53 Å². The lowest BCUT2D eigenvalue weighted by molar-refractivity contribution is -0.136. The van der Waals surface area contributed by atoms with E-state index in [1.54, 1.807) is 0 Å². The Bertz CT molecular complexity index is 155. The summed E-state index contributed by atoms with van der Waals surface area (Å²) in [4.78, 5) is 10.2. The maximum atomic E-state index is 10.2. The van der Waals surface area contributed by atoms with Gasteiger partial charge in [-0.3, -0.25) is 4.79 Å². The van der Waals surface area contributed by atoms with Crippen molar-refractivity contribution in [3.05, 3.63) is 0 Å². The molecular formula is C9H17NO3. The van der Waals surface area contributed by atoms with Gasteiger partial charge in [-0.05, 0) is 19.3 Å². The lowest BCUT2D eigenvalue weighted by Crippen LogP contribution is -2.32. The average molecular weight is 187 g/mol. The minimum Gasteiger partial charge on any atom is -0.481 e. The first kappa shape index (κ1) is 10.5. The molecule has 1 saturated heterocycles. The van der Waals surface area contributed by atoms with Crippen LogP contribution in [0.15, 0.2) is 0 Å². The number of aliphatic carboxylic acids is 1. The van der Waals surface area contributed by atoms with E-state index < -0.39 is 5.97 Å². The molecule has 1 aliphatic rings. The second-order valence-corrected chi connectivity index (χ2v) is 3.34. The molecule has 0 aromatic rings. The lowest BCUT2D eigenvalue weighted by atomic mass is 10.1. The minimum absolute atomic E-state index is 0.187. The van der Waals surface area contributed by atoms with Gasteiger partial charge in [-0.1, -0.05) is 0 Å². The fraction of sp³-hybridized carbons (Fsp3) is 0.889. The molecule has 1 heterocycles. The predicted octanol–water partition coefficient (Wildman–Crippen LogP) is 0.620. The Morgan fingerprint density at radius 2 is 2.38 bits per heavy atom. The van der Waals surface area contributed by atoms with Crippen LogP contribution in [0.4, 0.5) is 0 Å². The van der Waals surface area contributed by atoms with E-state index in [0.717, 1.165) is 26.0 Å². The molecule has 0 aromatic carbocycles. The van der Waals surface area contributed by atoms with Crippen molar-refractivity contribution in [1.82, 2.24) is 5.32 Å². The topological polar surface area (TPSA) is 58.6 Å². The fourth-order valence-electron chi connectivity index (χ4n) is 1.43. The lowest BCUT2D eigenvalue weighted by Gasteiger charge is -2.22. The van der Waals surface area contributed by atoms with Gasteiger partial charge in [0.15, 0.2) is 0 Å². The van der Waals surface area contributed by atoms with Gasteiger partial charge in [0.25, 0.3) is 0 Å². The zero-order valence-electron chi connectivity index (χ0n) is 7.79. The van der Waals surface area contributed by atoms with E-state index in [0.29, 0.717) is 12.6 Å². The largest absolute Gasteiger partial charge is 0.481 e. The highest BCUT2D eigenvalue weighted by molar-refractivity contribution is 5.66. The summed E-state index contributed by atoms with van der Waals surface area (Å²) < 4.78 is 5.48. The summed E-state index contributed by atoms with van der Waals surface area (Å²) in [6.07, 6.45) is 3.96. The van der Waals surface area contributed by atoms with Crippen molar-refractivity contribution in [3.63, 3.8) is 0 Å². The molecule has 0 aliphatic carbocycles. The summed E-state index contributed by atoms with van der Waals surface area (Å²) in [5.41, 5.74) is 0. The molecule has 4 heteroatoms. The van der Waals surface area contributed by atoms with Crippen molar-refractivity contribution in [2.45, 2.75) is 31.8 Å². The van der Waals surface area contributed by atoms with Gasteiger partial charge < -0.3 is 15.2 Å². The third-order valence-electron chi connectivity index (χ3n) is 2.16. The Kier molecular flexibility index (Phi) is 4.78. The normalized spacial score (nSPS) is 22.9. The van der Waals surface area contributed by atoms with Gasteiger partial charge in [-0.15, -0.1) is 0 Å². The van der Waals surface area contributed by atoms with Gasteiger partial charge in [0.2, 0.25) is 0 Å². The van der Waals surface area contributed by atoms with Crippen LogP contribution in [0.25, 0.3) is 0 Å². The highest BCUT2D eigenvalue weighted by Crippen LogP contribution is 2.11. The van der Waals surface area contributed by atoms with E-state index >= 15 is 0 Å². The van der Waals surface area contributed by atoms with Gasteiger partial charge in [-0.2, -0.15) is 0 Å². The van der Waals surface area contributed by atoms with E-state index in [-0.39, 0.29) is 6.42 Å². The quantitative estimate of drug-likeness (QED) is 0.619. The minimum atomic E-state index is -0.753. The molecule has 4 nitrogen and oxygen atoms in total. The molecule has 0 saturated carbocycles. The third kappa shape index (κ3) is 4.85. The van der Waals surface area contributed by atoms with Gasteiger partial charge in [0.05, 0.1) is 12.5 Å². The first-order valence-corrected chi connectivity index (χ1v) is 4.83. The summed E-state index contributed by atoms with van der Waals surface area (Å²) in [5, 5.41) is 11.5. The molecule has 13 heavy (non-hydrogen) atoms. The summed E-state index contributed by atoms with van der Waals surface area (Å²) in [6, 6.07) is 0. The summed E-state index contributed by atoms with van der Waals surface area (Å²) in [6.45, 7) is 2.17. The van der Waals surface area contributed by atoms with Crippen LogP contribution in [0.5, 0.6) is 0 Å². The highest BCUT2D eigenvalue weighted by atomic mass is 16.5. The number of nitrogens with one attached hydrogen (secondary N) is 1. The van der Waals surface area contributed by atoms with Gasteiger partial charge in [-0.25, -0.2) is 0 Å². The van der Waals surface area contributed by atoms with Gasteiger partial charge >= 0.3 is 5.97 Å². The number of hydrogen-bond donors (Lipinski definition) is 2. The number of hydrogen-bond acceptors (Lipinski definition) is 3. The van der Waals surface area contributed by atoms with E-state index in [1.165, 1.54) is 6.42 Å². The maximum absolute atomic E-state index is 10.2. The molecule has 1 unspecified atom stereocenters. The molecule has 0 spiro atoms. The zero-order chi connectivity index (χ0) is 9.52. The average Bonchev–Trinajstić information content (AvgIpc) is 2.14. The van der Waals surface area contributed by atoms with Gasteiger partial charge in [0, 0.05) is 19.7 Å². The van der Waals surface area contributed by atoms with Crippen molar-refractivity contribution >= 4 is 5.97 Å². The second kappa shape index (κ2) is 5.94. The van der Waals surface area contributed by atoms with E-state index in [4.69, 9.17) is 9.84 Å². The van der Waals surface area contributed by atoms with Crippen LogP contribution in [0, 0.1) is 0 Å². The number of carbonyl (C=O) groups is 1. The van der Waals surface area contributed by atoms with Gasteiger partial charge in [0.1, 0.15) is 0 Å². The predicted molar refractivity (Wildman–Crippen MR) is 48.7 cm³/mol. The number of rotatable bonds is 5. The Morgan fingerprint density at radius 1 is 1.54 bits per heavy atom. The smallest absolute Gasteiger partial charge is 0.304 e. The van der Waals surface area contributed by atoms with Crippen LogP contribution < -0.4 is 5.32 Å². The molecule has 2 N–H and O–H groups in total. The van der Waals surface area contributed by atoms with Crippen molar-refractivity contribution in [1.29, 1.82) is 0 Å². The summed E-state index contributed by atoms with van der Waals surface area (Å²) >= 11 is 0. The van der Waals surface area contributed by atoms with Crippen LogP contribution in [0.3, 0.4) is 0 Å². The standard InChI is InChI=1S/C9H17NO3/c11-9(12)4-5-10-7-8-3-1-2-6-13-8/h8,10H,1-7H2,(H,11,12). The van der Waals surface area contributed by atoms with Crippen molar-refractivity contribution in [3.8, 4) is 0 Å². The van der Waals surface area contributed by atoms with Crippen molar-refractivity contribution in [2.75, 3.05) is 19.7 Å². The molecule has 0 amide bonds. The Balaban J connectivity index is 1.95. The Hall–Kier alpha value is -0.610. The molecular weight excluding hydrogens is 170 g/mol. The van der Waals surface area contributed by atoms with E-state index in [9.17, 15) is 4.79 Å². The van der Waals surface area contributed by atoms with Crippen molar-refractivity contribution < 1.29 is 14.6 Å². The molecule has 1 aliphatic heterocycles. The van der Waals surface area contributed by atoms with Crippen LogP contribution in [-0.4, -0.2) is 36.9 Å². The van der Waals surface area contributed by atoms with Crippen LogP contribution in [0.1, 0.15) is 25.7 Å². The molecule has 1 atom stereocenters. The Morgan fingerprint density at radius 3 is 3.00 bits per heavy atom. The SMILES string of the molecule is O=C(O)CCNCC1CCCCO1. The molecule has 1 fully saturated rings. The first-order valence-electron chi connectivity index (χ1n) is 4.83. The molecule has 0 aromatic heterocycles. The molecule has 0 radical (unpaired) electrons. The number of ether oxygens (including phenoxy) is 1. The second-order valence-electron chi connectivity index (χ2n) is 3.34. The molecule has 1 rings (SSSR count). The van der Waals surface area contributed by atoms with Crippen LogP contribution >= 0.6 is 0 Å². The third-order valence-corrected chi connectivity index (χ3v) is 2.16. The van der Waals surface area contributed by atoms with E-state index in [1.807, 2.05) is 0 Å². The Labute approximate surface area is 78.3 Å². The van der Waals surface area contributed by atoms with Crippen LogP contribution in [0.2, 0.25) is 0 Å². The van der Waals surface area contributed by atoms with Crippen molar-refractivity contribution in [2.24, 2.45) is 0 Å². The molecule has 0 bridgehead atoms.